The molecule has 0 saturated heterocycles. The van der Waals surface area contributed by atoms with Gasteiger partial charge in [-0.1, -0.05) is 19.1 Å². The van der Waals surface area contributed by atoms with Gasteiger partial charge >= 0.3 is 0 Å². The molecule has 2 N–H and O–H groups in total. The molecule has 0 aliphatic heterocycles. The van der Waals surface area contributed by atoms with Crippen LogP contribution in [0.3, 0.4) is 0 Å². The van der Waals surface area contributed by atoms with Crippen LogP contribution in [-0.4, -0.2) is 26.7 Å². The van der Waals surface area contributed by atoms with E-state index in [-0.39, 0.29) is 24.0 Å². The summed E-state index contributed by atoms with van der Waals surface area (Å²) >= 11 is 1.73. The number of nitrogens with zero attached hydrogens (tertiary/aromatic N) is 1. The molecule has 24 heavy (non-hydrogen) atoms. The molecule has 132 valence electrons. The zero-order chi connectivity index (χ0) is 16.7. The lowest BCUT2D eigenvalue weighted by Crippen LogP contribution is -2.38. The van der Waals surface area contributed by atoms with Crippen molar-refractivity contribution in [1.82, 2.24) is 10.6 Å². The quantitative estimate of drug-likeness (QED) is 0.388. The maximum absolute atomic E-state index is 5.37. The number of guanidine groups is 1. The number of benzene rings is 1. The minimum absolute atomic E-state index is 0. The number of aryl methyl sites for hydroxylation is 1. The number of rotatable bonds is 6. The molecular formula is C18H26IN3OS. The lowest BCUT2D eigenvalue weighted by atomic mass is 10.1. The summed E-state index contributed by atoms with van der Waals surface area (Å²) in [5, 5.41) is 11.0. The molecule has 1 atom stereocenters. The van der Waals surface area contributed by atoms with E-state index in [0.29, 0.717) is 12.5 Å². The first-order valence-corrected chi connectivity index (χ1v) is 8.68. The number of ether oxygens (including phenoxy) is 1. The molecule has 0 amide bonds. The molecule has 0 spiro atoms. The molecule has 1 heterocycles. The zero-order valence-corrected chi connectivity index (χ0v) is 17.8. The smallest absolute Gasteiger partial charge is 0.191 e. The van der Waals surface area contributed by atoms with Crippen LogP contribution in [-0.2, 0) is 6.54 Å². The highest BCUT2D eigenvalue weighted by molar-refractivity contribution is 14.0. The van der Waals surface area contributed by atoms with E-state index < -0.39 is 0 Å². The summed E-state index contributed by atoms with van der Waals surface area (Å²) in [5.74, 6) is 2.18. The van der Waals surface area contributed by atoms with E-state index in [0.717, 1.165) is 23.8 Å². The zero-order valence-electron chi connectivity index (χ0n) is 14.6. The first-order valence-electron chi connectivity index (χ1n) is 7.74. The van der Waals surface area contributed by atoms with Crippen molar-refractivity contribution < 1.29 is 4.74 Å². The monoisotopic (exact) mass is 459 g/mol. The molecule has 0 saturated carbocycles. The van der Waals surface area contributed by atoms with Gasteiger partial charge in [-0.25, -0.2) is 0 Å². The third-order valence-corrected chi connectivity index (χ3v) is 4.55. The lowest BCUT2D eigenvalue weighted by molar-refractivity contribution is 0.411. The van der Waals surface area contributed by atoms with Crippen LogP contribution in [0.4, 0.5) is 0 Å². The normalized spacial score (nSPS) is 12.2. The molecule has 1 aromatic carbocycles. The molecule has 2 aromatic rings. The van der Waals surface area contributed by atoms with Crippen LogP contribution in [0.1, 0.15) is 29.5 Å². The summed E-state index contributed by atoms with van der Waals surface area (Å²) in [5.41, 5.74) is 3.67. The Morgan fingerprint density at radius 2 is 2.08 bits per heavy atom. The second-order valence-corrected chi connectivity index (χ2v) is 6.35. The summed E-state index contributed by atoms with van der Waals surface area (Å²) in [6.07, 6.45) is 0. The second-order valence-electron chi connectivity index (χ2n) is 5.57. The Morgan fingerprint density at radius 1 is 1.29 bits per heavy atom. The molecular weight excluding hydrogens is 433 g/mol. The average molecular weight is 459 g/mol. The van der Waals surface area contributed by atoms with Crippen LogP contribution in [0.15, 0.2) is 40.0 Å². The Morgan fingerprint density at radius 3 is 2.71 bits per heavy atom. The van der Waals surface area contributed by atoms with Crippen LogP contribution >= 0.6 is 35.3 Å². The van der Waals surface area contributed by atoms with Crippen molar-refractivity contribution in [3.8, 4) is 5.75 Å². The predicted molar refractivity (Wildman–Crippen MR) is 114 cm³/mol. The maximum atomic E-state index is 5.37. The van der Waals surface area contributed by atoms with Gasteiger partial charge < -0.3 is 15.4 Å². The van der Waals surface area contributed by atoms with Crippen molar-refractivity contribution in [1.29, 1.82) is 0 Å². The van der Waals surface area contributed by atoms with Crippen LogP contribution in [0, 0.1) is 6.92 Å². The van der Waals surface area contributed by atoms with Gasteiger partial charge in [-0.2, -0.15) is 11.3 Å². The Bertz CT molecular complexity index is 644. The van der Waals surface area contributed by atoms with Gasteiger partial charge in [0.1, 0.15) is 5.75 Å². The lowest BCUT2D eigenvalue weighted by Gasteiger charge is -2.16. The van der Waals surface area contributed by atoms with Crippen LogP contribution < -0.4 is 15.4 Å². The van der Waals surface area contributed by atoms with Crippen LogP contribution in [0.25, 0.3) is 0 Å². The fraction of sp³-hybridized carbons (Fsp3) is 0.389. The van der Waals surface area contributed by atoms with Gasteiger partial charge in [0, 0.05) is 20.1 Å². The SMILES string of the molecule is CN=C(NCc1ccc(C)c(OC)c1)NCC(C)c1ccsc1.I. The number of hydrogen-bond acceptors (Lipinski definition) is 3. The molecule has 1 aromatic heterocycles. The molecule has 0 aliphatic carbocycles. The fourth-order valence-electron chi connectivity index (χ4n) is 2.30. The summed E-state index contributed by atoms with van der Waals surface area (Å²) < 4.78 is 5.37. The van der Waals surface area contributed by atoms with E-state index in [4.69, 9.17) is 4.74 Å². The van der Waals surface area contributed by atoms with Crippen molar-refractivity contribution >= 4 is 41.3 Å². The fourth-order valence-corrected chi connectivity index (χ4v) is 3.09. The van der Waals surface area contributed by atoms with Gasteiger partial charge in [-0.15, -0.1) is 24.0 Å². The number of methoxy groups -OCH3 is 1. The minimum Gasteiger partial charge on any atom is -0.496 e. The van der Waals surface area contributed by atoms with Crippen molar-refractivity contribution in [2.75, 3.05) is 20.7 Å². The van der Waals surface area contributed by atoms with Gasteiger partial charge in [0.15, 0.2) is 5.96 Å². The van der Waals surface area contributed by atoms with Gasteiger partial charge in [-0.3, -0.25) is 4.99 Å². The Balaban J connectivity index is 0.00000288. The van der Waals surface area contributed by atoms with Crippen LogP contribution in [0.2, 0.25) is 0 Å². The third-order valence-electron chi connectivity index (χ3n) is 3.84. The topological polar surface area (TPSA) is 45.7 Å². The van der Waals surface area contributed by atoms with E-state index in [2.05, 4.69) is 57.6 Å². The number of hydrogen-bond donors (Lipinski definition) is 2. The van der Waals surface area contributed by atoms with Crippen LogP contribution in [0.5, 0.6) is 5.75 Å². The molecule has 2 rings (SSSR count). The van der Waals surface area contributed by atoms with E-state index in [1.807, 2.05) is 6.92 Å². The van der Waals surface area contributed by atoms with Gasteiger partial charge in [-0.05, 0) is 52.4 Å². The summed E-state index contributed by atoms with van der Waals surface area (Å²) in [6, 6.07) is 8.41. The molecule has 0 aliphatic rings. The van der Waals surface area contributed by atoms with Gasteiger partial charge in [0.05, 0.1) is 7.11 Å². The van der Waals surface area contributed by atoms with Crippen molar-refractivity contribution in [2.24, 2.45) is 4.99 Å². The molecule has 6 heteroatoms. The average Bonchev–Trinajstić information content (AvgIpc) is 3.10. The van der Waals surface area contributed by atoms with Gasteiger partial charge in [0.25, 0.3) is 0 Å². The molecule has 4 nitrogen and oxygen atoms in total. The van der Waals surface area contributed by atoms with E-state index in [1.165, 1.54) is 11.1 Å². The third kappa shape index (κ3) is 5.98. The summed E-state index contributed by atoms with van der Waals surface area (Å²) in [6.45, 7) is 5.83. The molecule has 0 radical (unpaired) electrons. The van der Waals surface area contributed by atoms with Gasteiger partial charge in [0.2, 0.25) is 0 Å². The summed E-state index contributed by atoms with van der Waals surface area (Å²) in [7, 11) is 3.49. The predicted octanol–water partition coefficient (Wildman–Crippen LogP) is 4.15. The standard InChI is InChI=1S/C18H25N3OS.HI/c1-13-5-6-15(9-17(13)22-4)11-21-18(19-3)20-10-14(2)16-7-8-23-12-16;/h5-9,12,14H,10-11H2,1-4H3,(H2,19,20,21);1H. The Kier molecular flexibility index (Phi) is 9.13. The first kappa shape index (κ1) is 20.8. The number of nitrogens with one attached hydrogen (secondary N) is 2. The first-order chi connectivity index (χ1) is 11.1. The van der Waals surface area contributed by atoms with E-state index >= 15 is 0 Å². The largest absolute Gasteiger partial charge is 0.496 e. The minimum atomic E-state index is 0. The van der Waals surface area contributed by atoms with Crippen molar-refractivity contribution in [3.63, 3.8) is 0 Å². The maximum Gasteiger partial charge on any atom is 0.191 e. The summed E-state index contributed by atoms with van der Waals surface area (Å²) in [4.78, 5) is 4.28. The molecule has 1 unspecified atom stereocenters. The van der Waals surface area contributed by atoms with E-state index in [9.17, 15) is 0 Å². The van der Waals surface area contributed by atoms with E-state index in [1.54, 1.807) is 25.5 Å². The highest BCUT2D eigenvalue weighted by Gasteiger charge is 2.07. The second kappa shape index (κ2) is 10.6. The van der Waals surface area contributed by atoms with Crippen molar-refractivity contribution in [3.05, 3.63) is 51.7 Å². The highest BCUT2D eigenvalue weighted by Crippen LogP contribution is 2.19. The molecule has 0 fully saturated rings. The molecule has 0 bridgehead atoms. The number of halogens is 1. The number of thiophene rings is 1. The van der Waals surface area contributed by atoms with Crippen molar-refractivity contribution in [2.45, 2.75) is 26.3 Å². The highest BCUT2D eigenvalue weighted by atomic mass is 127. The Labute approximate surface area is 165 Å². The number of aliphatic imine (C=N–C) groups is 1. The Hall–Kier alpha value is -1.28.